The van der Waals surface area contributed by atoms with Crippen molar-refractivity contribution in [2.24, 2.45) is 0 Å². The van der Waals surface area contributed by atoms with Crippen molar-refractivity contribution in [2.75, 3.05) is 6.61 Å². The normalized spacial score (nSPS) is 22.0. The first-order chi connectivity index (χ1) is 6.25. The van der Waals surface area contributed by atoms with Crippen LogP contribution in [0, 0.1) is 4.77 Å². The summed E-state index contributed by atoms with van der Waals surface area (Å²) >= 11 is 4.86. The van der Waals surface area contributed by atoms with Gasteiger partial charge in [-0.3, -0.25) is 9.78 Å². The van der Waals surface area contributed by atoms with Crippen LogP contribution < -0.4 is 5.56 Å². The quantitative estimate of drug-likeness (QED) is 0.668. The lowest BCUT2D eigenvalue weighted by Crippen LogP contribution is -2.11. The molecule has 4 nitrogen and oxygen atoms in total. The molecule has 1 fully saturated rings. The Labute approximate surface area is 80.0 Å². The van der Waals surface area contributed by atoms with Crippen LogP contribution >= 0.6 is 12.2 Å². The molecule has 5 heteroatoms. The van der Waals surface area contributed by atoms with Gasteiger partial charge >= 0.3 is 0 Å². The summed E-state index contributed by atoms with van der Waals surface area (Å²) in [7, 11) is 0. The smallest absolute Gasteiger partial charge is 0.251 e. The molecule has 0 spiro atoms. The molecule has 1 atom stereocenters. The van der Waals surface area contributed by atoms with E-state index in [9.17, 15) is 4.79 Å². The molecule has 13 heavy (non-hydrogen) atoms. The molecule has 0 saturated carbocycles. The van der Waals surface area contributed by atoms with Crippen molar-refractivity contribution in [1.29, 1.82) is 0 Å². The average Bonchev–Trinajstić information content (AvgIpc) is 2.53. The second-order valence-electron chi connectivity index (χ2n) is 3.04. The van der Waals surface area contributed by atoms with Gasteiger partial charge in [0.15, 0.2) is 4.77 Å². The van der Waals surface area contributed by atoms with Crippen LogP contribution in [0.25, 0.3) is 0 Å². The maximum absolute atomic E-state index is 11.1. The molecule has 1 aliphatic rings. The van der Waals surface area contributed by atoms with Crippen molar-refractivity contribution in [1.82, 2.24) is 9.97 Å². The van der Waals surface area contributed by atoms with Gasteiger partial charge in [-0.25, -0.2) is 0 Å². The third-order valence-electron chi connectivity index (χ3n) is 2.06. The number of hydrogen-bond donors (Lipinski definition) is 2. The van der Waals surface area contributed by atoms with E-state index >= 15 is 0 Å². The third-order valence-corrected chi connectivity index (χ3v) is 2.26. The fraction of sp³-hybridized carbons (Fsp3) is 0.500. The molecule has 0 radical (unpaired) electrons. The number of H-pyrrole nitrogens is 2. The highest BCUT2D eigenvalue weighted by Crippen LogP contribution is 2.25. The molecule has 1 unspecified atom stereocenters. The van der Waals surface area contributed by atoms with E-state index < -0.39 is 0 Å². The number of aromatic amines is 2. The Morgan fingerprint density at radius 1 is 1.54 bits per heavy atom. The highest BCUT2D eigenvalue weighted by atomic mass is 32.1. The van der Waals surface area contributed by atoms with Crippen molar-refractivity contribution in [3.8, 4) is 0 Å². The maximum Gasteiger partial charge on any atom is 0.251 e. The molecule has 1 aliphatic heterocycles. The SMILES string of the molecule is O=c1cc(C2CCCO2)[nH]c(=S)[nH]1. The number of rotatable bonds is 1. The van der Waals surface area contributed by atoms with Gasteiger partial charge in [0.05, 0.1) is 11.8 Å². The molecule has 2 N–H and O–H groups in total. The van der Waals surface area contributed by atoms with Gasteiger partial charge in [0, 0.05) is 12.7 Å². The van der Waals surface area contributed by atoms with E-state index in [1.165, 1.54) is 6.07 Å². The zero-order valence-electron chi connectivity index (χ0n) is 7.00. The van der Waals surface area contributed by atoms with Gasteiger partial charge in [0.2, 0.25) is 0 Å². The van der Waals surface area contributed by atoms with Crippen LogP contribution in [0.1, 0.15) is 24.6 Å². The zero-order valence-corrected chi connectivity index (χ0v) is 7.82. The molecule has 2 rings (SSSR count). The van der Waals surface area contributed by atoms with Crippen molar-refractivity contribution in [2.45, 2.75) is 18.9 Å². The Balaban J connectivity index is 2.39. The van der Waals surface area contributed by atoms with Crippen molar-refractivity contribution in [3.63, 3.8) is 0 Å². The van der Waals surface area contributed by atoms with Crippen molar-refractivity contribution in [3.05, 3.63) is 26.9 Å². The third kappa shape index (κ3) is 1.87. The summed E-state index contributed by atoms with van der Waals surface area (Å²) in [6.45, 7) is 0.762. The molecule has 1 aromatic heterocycles. The number of hydrogen-bond acceptors (Lipinski definition) is 3. The molecule has 70 valence electrons. The molecular weight excluding hydrogens is 188 g/mol. The summed E-state index contributed by atoms with van der Waals surface area (Å²) in [5.41, 5.74) is 0.612. The van der Waals surface area contributed by atoms with Crippen LogP contribution in [0.5, 0.6) is 0 Å². The van der Waals surface area contributed by atoms with Gasteiger partial charge in [0.25, 0.3) is 5.56 Å². The highest BCUT2D eigenvalue weighted by Gasteiger charge is 2.18. The summed E-state index contributed by atoms with van der Waals surface area (Å²) < 4.78 is 5.78. The van der Waals surface area contributed by atoms with E-state index in [-0.39, 0.29) is 11.7 Å². The fourth-order valence-electron chi connectivity index (χ4n) is 1.48. The topological polar surface area (TPSA) is 57.9 Å². The van der Waals surface area contributed by atoms with Crippen molar-refractivity contribution >= 4 is 12.2 Å². The van der Waals surface area contributed by atoms with E-state index in [2.05, 4.69) is 9.97 Å². The molecule has 0 aromatic carbocycles. The summed E-state index contributed by atoms with van der Waals surface area (Å²) in [5, 5.41) is 0. The van der Waals surface area contributed by atoms with Gasteiger partial charge in [0.1, 0.15) is 0 Å². The molecule has 0 aliphatic carbocycles. The second kappa shape index (κ2) is 3.43. The summed E-state index contributed by atoms with van der Waals surface area (Å²) in [5.74, 6) is 0. The fourth-order valence-corrected chi connectivity index (χ4v) is 1.70. The lowest BCUT2D eigenvalue weighted by molar-refractivity contribution is 0.108. The first kappa shape index (κ1) is 8.65. The summed E-state index contributed by atoms with van der Waals surface area (Å²) in [4.78, 5) is 16.5. The van der Waals surface area contributed by atoms with Crippen LogP contribution in [0.4, 0.5) is 0 Å². The van der Waals surface area contributed by atoms with Gasteiger partial charge < -0.3 is 9.72 Å². The van der Waals surface area contributed by atoms with Crippen LogP contribution in [-0.4, -0.2) is 16.6 Å². The molecule has 0 bridgehead atoms. The van der Waals surface area contributed by atoms with E-state index in [1.807, 2.05) is 0 Å². The van der Waals surface area contributed by atoms with Crippen molar-refractivity contribution < 1.29 is 4.74 Å². The first-order valence-corrected chi connectivity index (χ1v) is 4.62. The van der Waals surface area contributed by atoms with Crippen LogP contribution in [0.3, 0.4) is 0 Å². The molecule has 1 aromatic rings. The van der Waals surface area contributed by atoms with Crippen LogP contribution in [-0.2, 0) is 4.74 Å². The average molecular weight is 198 g/mol. The van der Waals surface area contributed by atoms with Crippen LogP contribution in [0.2, 0.25) is 0 Å². The van der Waals surface area contributed by atoms with Gasteiger partial charge in [-0.05, 0) is 25.1 Å². The van der Waals surface area contributed by atoms with Gasteiger partial charge in [-0.1, -0.05) is 0 Å². The predicted molar refractivity (Wildman–Crippen MR) is 50.2 cm³/mol. The van der Waals surface area contributed by atoms with E-state index in [1.54, 1.807) is 0 Å². The minimum absolute atomic E-state index is 0.0176. The van der Waals surface area contributed by atoms with E-state index in [0.717, 1.165) is 25.1 Å². The highest BCUT2D eigenvalue weighted by molar-refractivity contribution is 7.71. The number of ether oxygens (including phenoxy) is 1. The first-order valence-electron chi connectivity index (χ1n) is 4.21. The molecule has 2 heterocycles. The Kier molecular flexibility index (Phi) is 2.28. The number of aromatic nitrogens is 2. The Hall–Kier alpha value is -0.940. The predicted octanol–water partition coefficient (Wildman–Crippen LogP) is 1.28. The van der Waals surface area contributed by atoms with E-state index in [4.69, 9.17) is 17.0 Å². The Morgan fingerprint density at radius 3 is 3.00 bits per heavy atom. The number of nitrogens with one attached hydrogen (secondary N) is 2. The Bertz CT molecular complexity index is 375. The monoisotopic (exact) mass is 198 g/mol. The Morgan fingerprint density at radius 2 is 2.38 bits per heavy atom. The molecule has 1 saturated heterocycles. The lowest BCUT2D eigenvalue weighted by atomic mass is 10.2. The molecule has 0 amide bonds. The summed E-state index contributed by atoms with van der Waals surface area (Å²) in [6.07, 6.45) is 2.01. The van der Waals surface area contributed by atoms with E-state index in [0.29, 0.717) is 4.77 Å². The largest absolute Gasteiger partial charge is 0.372 e. The summed E-state index contributed by atoms with van der Waals surface area (Å²) in [6, 6.07) is 1.51. The minimum atomic E-state index is -0.172. The van der Waals surface area contributed by atoms with Crippen LogP contribution in [0.15, 0.2) is 10.9 Å². The lowest BCUT2D eigenvalue weighted by Gasteiger charge is -2.07. The van der Waals surface area contributed by atoms with Gasteiger partial charge in [-0.2, -0.15) is 0 Å². The second-order valence-corrected chi connectivity index (χ2v) is 3.45. The maximum atomic E-state index is 11.1. The van der Waals surface area contributed by atoms with Gasteiger partial charge in [-0.15, -0.1) is 0 Å². The molecular formula is C8H10N2O2S. The standard InChI is InChI=1S/C8H10N2O2S/c11-7-4-5(9-8(13)10-7)6-2-1-3-12-6/h4,6H,1-3H2,(H2,9,10,11,13). The zero-order chi connectivity index (χ0) is 9.26. The minimum Gasteiger partial charge on any atom is -0.372 e.